The van der Waals surface area contributed by atoms with Gasteiger partial charge in [-0.05, 0) is 13.0 Å². The summed E-state index contributed by atoms with van der Waals surface area (Å²) < 4.78 is 7.14. The van der Waals surface area contributed by atoms with Crippen molar-refractivity contribution in [2.75, 3.05) is 13.7 Å². The molecule has 0 aliphatic rings. The molecule has 96 valence electrons. The molecule has 1 aromatic carbocycles. The Balaban J connectivity index is 1.84. The van der Waals surface area contributed by atoms with Crippen LogP contribution in [0.2, 0.25) is 0 Å². The summed E-state index contributed by atoms with van der Waals surface area (Å²) in [5, 5.41) is 11.0. The standard InChI is InChI=1S/C13H18N4O/c1-11-3-4-13(18-2)12(9-11)10-14-5-7-17-8-6-15-16-17/h3-4,6,8-9,14H,5,7,10H2,1-2H3. The fraction of sp³-hybridized carbons (Fsp3) is 0.385. The average Bonchev–Trinajstić information content (AvgIpc) is 2.88. The van der Waals surface area contributed by atoms with Crippen molar-refractivity contribution in [2.24, 2.45) is 0 Å². The Morgan fingerprint density at radius 2 is 2.28 bits per heavy atom. The zero-order valence-corrected chi connectivity index (χ0v) is 10.8. The first-order chi connectivity index (χ1) is 8.79. The predicted molar refractivity (Wildman–Crippen MR) is 69.5 cm³/mol. The molecule has 0 amide bonds. The molecule has 1 aromatic heterocycles. The summed E-state index contributed by atoms with van der Waals surface area (Å²) in [5.41, 5.74) is 2.42. The fourth-order valence-corrected chi connectivity index (χ4v) is 1.81. The molecule has 0 fully saturated rings. The Morgan fingerprint density at radius 1 is 1.39 bits per heavy atom. The molecule has 0 atom stereocenters. The lowest BCUT2D eigenvalue weighted by atomic mass is 10.1. The average molecular weight is 246 g/mol. The van der Waals surface area contributed by atoms with Gasteiger partial charge in [0.15, 0.2) is 0 Å². The second-order valence-corrected chi connectivity index (χ2v) is 4.16. The Labute approximate surface area is 107 Å². The molecule has 0 aliphatic heterocycles. The smallest absolute Gasteiger partial charge is 0.123 e. The Morgan fingerprint density at radius 3 is 3.00 bits per heavy atom. The SMILES string of the molecule is COc1ccc(C)cc1CNCCn1ccnn1. The van der Waals surface area contributed by atoms with Crippen molar-refractivity contribution in [3.8, 4) is 5.75 Å². The third-order valence-electron chi connectivity index (χ3n) is 2.74. The molecule has 2 aromatic rings. The van der Waals surface area contributed by atoms with Gasteiger partial charge in [0.25, 0.3) is 0 Å². The van der Waals surface area contributed by atoms with Crippen molar-refractivity contribution in [1.82, 2.24) is 20.3 Å². The largest absolute Gasteiger partial charge is 0.496 e. The number of ether oxygens (including phenoxy) is 1. The molecule has 2 rings (SSSR count). The van der Waals surface area contributed by atoms with Crippen molar-refractivity contribution in [2.45, 2.75) is 20.0 Å². The number of nitrogens with zero attached hydrogens (tertiary/aromatic N) is 3. The van der Waals surface area contributed by atoms with E-state index >= 15 is 0 Å². The van der Waals surface area contributed by atoms with E-state index in [1.807, 2.05) is 12.3 Å². The molecule has 0 saturated heterocycles. The van der Waals surface area contributed by atoms with Crippen LogP contribution in [0.1, 0.15) is 11.1 Å². The monoisotopic (exact) mass is 246 g/mol. The highest BCUT2D eigenvalue weighted by molar-refractivity contribution is 5.36. The van der Waals surface area contributed by atoms with Crippen molar-refractivity contribution >= 4 is 0 Å². The van der Waals surface area contributed by atoms with Gasteiger partial charge in [-0.3, -0.25) is 4.68 Å². The fourth-order valence-electron chi connectivity index (χ4n) is 1.81. The lowest BCUT2D eigenvalue weighted by Crippen LogP contribution is -2.20. The first-order valence-corrected chi connectivity index (χ1v) is 5.98. The maximum absolute atomic E-state index is 5.34. The molecular weight excluding hydrogens is 228 g/mol. The molecule has 0 bridgehead atoms. The van der Waals surface area contributed by atoms with Crippen LogP contribution in [-0.4, -0.2) is 28.6 Å². The van der Waals surface area contributed by atoms with Gasteiger partial charge in [0, 0.05) is 24.8 Å². The highest BCUT2D eigenvalue weighted by Crippen LogP contribution is 2.19. The number of hydrogen-bond donors (Lipinski definition) is 1. The van der Waals surface area contributed by atoms with Gasteiger partial charge in [-0.1, -0.05) is 22.9 Å². The van der Waals surface area contributed by atoms with Crippen LogP contribution in [-0.2, 0) is 13.1 Å². The van der Waals surface area contributed by atoms with Crippen molar-refractivity contribution in [3.63, 3.8) is 0 Å². The van der Waals surface area contributed by atoms with Crippen LogP contribution in [0.5, 0.6) is 5.75 Å². The number of rotatable bonds is 6. The van der Waals surface area contributed by atoms with Gasteiger partial charge < -0.3 is 10.1 Å². The first-order valence-electron chi connectivity index (χ1n) is 5.98. The molecule has 18 heavy (non-hydrogen) atoms. The summed E-state index contributed by atoms with van der Waals surface area (Å²) in [7, 11) is 1.70. The second-order valence-electron chi connectivity index (χ2n) is 4.16. The molecule has 5 nitrogen and oxygen atoms in total. The highest BCUT2D eigenvalue weighted by atomic mass is 16.5. The molecule has 0 unspecified atom stereocenters. The molecule has 0 radical (unpaired) electrons. The summed E-state index contributed by atoms with van der Waals surface area (Å²) in [6, 6.07) is 6.20. The van der Waals surface area contributed by atoms with Crippen LogP contribution in [0.25, 0.3) is 0 Å². The number of aromatic nitrogens is 3. The third kappa shape index (κ3) is 3.30. The number of aryl methyl sites for hydroxylation is 1. The minimum absolute atomic E-state index is 0.791. The molecule has 0 spiro atoms. The quantitative estimate of drug-likeness (QED) is 0.782. The van der Waals surface area contributed by atoms with Crippen molar-refractivity contribution in [3.05, 3.63) is 41.7 Å². The van der Waals surface area contributed by atoms with Gasteiger partial charge in [0.05, 0.1) is 19.9 Å². The summed E-state index contributed by atoms with van der Waals surface area (Å²) in [4.78, 5) is 0. The van der Waals surface area contributed by atoms with Gasteiger partial charge in [0.1, 0.15) is 5.75 Å². The summed E-state index contributed by atoms with van der Waals surface area (Å²) in [5.74, 6) is 0.925. The summed E-state index contributed by atoms with van der Waals surface area (Å²) in [6.07, 6.45) is 3.54. The van der Waals surface area contributed by atoms with E-state index in [0.717, 1.165) is 25.4 Å². The summed E-state index contributed by atoms with van der Waals surface area (Å²) >= 11 is 0. The zero-order chi connectivity index (χ0) is 12.8. The van der Waals surface area contributed by atoms with Gasteiger partial charge in [-0.15, -0.1) is 5.10 Å². The number of hydrogen-bond acceptors (Lipinski definition) is 4. The van der Waals surface area contributed by atoms with E-state index in [0.29, 0.717) is 0 Å². The van der Waals surface area contributed by atoms with E-state index in [1.54, 1.807) is 18.0 Å². The molecule has 1 heterocycles. The predicted octanol–water partition coefficient (Wildman–Crippen LogP) is 1.38. The Hall–Kier alpha value is -1.88. The first kappa shape index (κ1) is 12.6. The lowest BCUT2D eigenvalue weighted by molar-refractivity contribution is 0.407. The van der Waals surface area contributed by atoms with Crippen LogP contribution < -0.4 is 10.1 Å². The third-order valence-corrected chi connectivity index (χ3v) is 2.74. The second kappa shape index (κ2) is 6.16. The number of nitrogens with one attached hydrogen (secondary N) is 1. The lowest BCUT2D eigenvalue weighted by Gasteiger charge is -2.10. The van der Waals surface area contributed by atoms with Gasteiger partial charge in [0.2, 0.25) is 0 Å². The maximum Gasteiger partial charge on any atom is 0.123 e. The van der Waals surface area contributed by atoms with Crippen molar-refractivity contribution < 1.29 is 4.74 Å². The minimum atomic E-state index is 0.791. The van der Waals surface area contributed by atoms with E-state index in [-0.39, 0.29) is 0 Å². The molecular formula is C13H18N4O. The Kier molecular flexibility index (Phi) is 4.30. The normalized spacial score (nSPS) is 10.6. The topological polar surface area (TPSA) is 52.0 Å². The van der Waals surface area contributed by atoms with E-state index in [4.69, 9.17) is 4.74 Å². The molecule has 1 N–H and O–H groups in total. The minimum Gasteiger partial charge on any atom is -0.496 e. The van der Waals surface area contributed by atoms with Crippen LogP contribution >= 0.6 is 0 Å². The number of methoxy groups -OCH3 is 1. The summed E-state index contributed by atoms with van der Waals surface area (Å²) in [6.45, 7) is 4.53. The van der Waals surface area contributed by atoms with E-state index < -0.39 is 0 Å². The maximum atomic E-state index is 5.34. The Bertz CT molecular complexity index is 482. The highest BCUT2D eigenvalue weighted by Gasteiger charge is 2.02. The van der Waals surface area contributed by atoms with E-state index in [2.05, 4.69) is 34.7 Å². The van der Waals surface area contributed by atoms with Crippen LogP contribution in [0, 0.1) is 6.92 Å². The molecule has 0 aliphatic carbocycles. The molecule has 0 saturated carbocycles. The number of benzene rings is 1. The zero-order valence-electron chi connectivity index (χ0n) is 10.8. The van der Waals surface area contributed by atoms with E-state index in [9.17, 15) is 0 Å². The van der Waals surface area contributed by atoms with Crippen LogP contribution in [0.3, 0.4) is 0 Å². The van der Waals surface area contributed by atoms with Gasteiger partial charge in [-0.25, -0.2) is 0 Å². The van der Waals surface area contributed by atoms with Gasteiger partial charge in [-0.2, -0.15) is 0 Å². The van der Waals surface area contributed by atoms with Crippen molar-refractivity contribution in [1.29, 1.82) is 0 Å². The van der Waals surface area contributed by atoms with Crippen LogP contribution in [0.15, 0.2) is 30.6 Å². The van der Waals surface area contributed by atoms with Crippen LogP contribution in [0.4, 0.5) is 0 Å². The molecule has 5 heteroatoms. The van der Waals surface area contributed by atoms with Gasteiger partial charge >= 0.3 is 0 Å². The van der Waals surface area contributed by atoms with E-state index in [1.165, 1.54) is 11.1 Å².